The van der Waals surface area contributed by atoms with E-state index in [2.05, 4.69) is 5.32 Å². The number of amides is 1. The Balaban J connectivity index is 1.71. The molecule has 1 saturated heterocycles. The number of hydrogen-bond acceptors (Lipinski definition) is 7. The van der Waals surface area contributed by atoms with E-state index in [0.717, 1.165) is 6.07 Å². The summed E-state index contributed by atoms with van der Waals surface area (Å²) < 4.78 is 27.5. The van der Waals surface area contributed by atoms with Gasteiger partial charge in [-0.05, 0) is 47.1 Å². The second kappa shape index (κ2) is 8.96. The highest BCUT2D eigenvalue weighted by atomic mass is 35.5. The summed E-state index contributed by atoms with van der Waals surface area (Å²) in [6.45, 7) is 9.83. The lowest BCUT2D eigenvalue weighted by Crippen LogP contribution is -2.40. The maximum Gasteiger partial charge on any atom is 0.407 e. The number of rotatable bonds is 4. The minimum atomic E-state index is -0.728. The van der Waals surface area contributed by atoms with Gasteiger partial charge < -0.3 is 24.3 Å². The van der Waals surface area contributed by atoms with Crippen molar-refractivity contribution in [2.75, 3.05) is 24.6 Å². The lowest BCUT2D eigenvalue weighted by atomic mass is 10.1. The Hall–Kier alpha value is -2.46. The van der Waals surface area contributed by atoms with Crippen molar-refractivity contribution in [1.29, 1.82) is 0 Å². The Bertz CT molecular complexity index is 1240. The quantitative estimate of drug-likeness (QED) is 0.595. The van der Waals surface area contributed by atoms with E-state index in [1.807, 2.05) is 6.92 Å². The highest BCUT2D eigenvalue weighted by Gasteiger charge is 2.36. The summed E-state index contributed by atoms with van der Waals surface area (Å²) >= 11 is 8.09. The standard InChI is InChI=1S/C23H27ClFN3O5S/c1-6-32-21(30)15-19(29)13-9-14(25)18(16(24)17(13)28-11(2)34-20(15)28)27-8-7-12(10-27)26-22(31)33-23(3,4)5/h9,11-12H,6-8,10H2,1-5H3,(H,26,31)/t11?,12-/m1/s1. The number of alkyl carbamates (subject to hydrolysis) is 1. The van der Waals surface area contributed by atoms with Crippen LogP contribution in [-0.2, 0) is 9.47 Å². The number of anilines is 1. The maximum absolute atomic E-state index is 15.3. The van der Waals surface area contributed by atoms with Gasteiger partial charge in [0.15, 0.2) is 0 Å². The maximum atomic E-state index is 15.3. The molecule has 2 aliphatic rings. The summed E-state index contributed by atoms with van der Waals surface area (Å²) in [5.74, 6) is -1.39. The van der Waals surface area contributed by atoms with Gasteiger partial charge >= 0.3 is 12.1 Å². The predicted octanol–water partition coefficient (Wildman–Crippen LogP) is 4.70. The summed E-state index contributed by atoms with van der Waals surface area (Å²) in [4.78, 5) is 39.5. The Morgan fingerprint density at radius 2 is 2.06 bits per heavy atom. The molecule has 2 atom stereocenters. The van der Waals surface area contributed by atoms with Crippen molar-refractivity contribution in [3.8, 4) is 0 Å². The molecule has 0 spiro atoms. The van der Waals surface area contributed by atoms with Crippen LogP contribution in [0.15, 0.2) is 15.9 Å². The molecule has 2 aliphatic heterocycles. The summed E-state index contributed by atoms with van der Waals surface area (Å²) in [6.07, 6.45) is 0.0498. The highest BCUT2D eigenvalue weighted by Crippen LogP contribution is 2.49. The van der Waals surface area contributed by atoms with Crippen molar-refractivity contribution in [2.45, 2.75) is 63.1 Å². The second-order valence-corrected chi connectivity index (χ2v) is 11.0. The molecule has 34 heavy (non-hydrogen) atoms. The molecule has 1 aromatic heterocycles. The number of carbonyl (C=O) groups is 2. The first kappa shape index (κ1) is 24.7. The number of hydrogen-bond donors (Lipinski definition) is 1. The number of ether oxygens (including phenoxy) is 2. The number of aromatic nitrogens is 1. The van der Waals surface area contributed by atoms with E-state index < -0.39 is 28.9 Å². The molecular weight excluding hydrogens is 485 g/mol. The second-order valence-electron chi connectivity index (χ2n) is 9.31. The van der Waals surface area contributed by atoms with Crippen LogP contribution in [0.1, 0.15) is 56.8 Å². The highest BCUT2D eigenvalue weighted by molar-refractivity contribution is 8.00. The number of pyridine rings is 1. The lowest BCUT2D eigenvalue weighted by molar-refractivity contribution is 0.0502. The summed E-state index contributed by atoms with van der Waals surface area (Å²) in [6, 6.07) is 0.895. The van der Waals surface area contributed by atoms with Crippen molar-refractivity contribution in [3.63, 3.8) is 0 Å². The number of thioether (sulfide) groups is 1. The molecule has 0 saturated carbocycles. The van der Waals surface area contributed by atoms with Crippen molar-refractivity contribution < 1.29 is 23.5 Å². The molecule has 11 heteroatoms. The molecule has 1 unspecified atom stereocenters. The fraction of sp³-hybridized carbons (Fsp3) is 0.522. The SMILES string of the molecule is CCOC(=O)c1c2n(c3c(Cl)c(N4CC[C@@H](NC(=O)OC(C)(C)C)C4)c(F)cc3c1=O)C(C)S2. The van der Waals surface area contributed by atoms with Crippen molar-refractivity contribution in [1.82, 2.24) is 9.88 Å². The normalized spacial score (nSPS) is 19.6. The van der Waals surface area contributed by atoms with Crippen LogP contribution < -0.4 is 15.6 Å². The molecule has 1 fully saturated rings. The number of nitrogens with one attached hydrogen (secondary N) is 1. The number of fused-ring (bicyclic) bond motifs is 3. The van der Waals surface area contributed by atoms with Crippen LogP contribution in [0.4, 0.5) is 14.9 Å². The summed E-state index contributed by atoms with van der Waals surface area (Å²) in [7, 11) is 0. The Morgan fingerprint density at radius 1 is 1.35 bits per heavy atom. The van der Waals surface area contributed by atoms with Crippen LogP contribution >= 0.6 is 23.4 Å². The minimum Gasteiger partial charge on any atom is -0.462 e. The Labute approximate surface area is 205 Å². The number of nitrogens with zero attached hydrogens (tertiary/aromatic N) is 2. The zero-order chi connectivity index (χ0) is 24.9. The van der Waals surface area contributed by atoms with Crippen LogP contribution in [-0.4, -0.2) is 48.0 Å². The topological polar surface area (TPSA) is 89.9 Å². The fourth-order valence-electron chi connectivity index (χ4n) is 4.32. The Morgan fingerprint density at radius 3 is 2.68 bits per heavy atom. The molecule has 2 aromatic rings. The molecule has 0 bridgehead atoms. The van der Waals surface area contributed by atoms with Crippen molar-refractivity contribution >= 4 is 52.0 Å². The summed E-state index contributed by atoms with van der Waals surface area (Å²) in [5.41, 5.74) is -0.756. The van der Waals surface area contributed by atoms with E-state index in [1.54, 1.807) is 37.2 Å². The van der Waals surface area contributed by atoms with E-state index in [-0.39, 0.29) is 39.7 Å². The van der Waals surface area contributed by atoms with Gasteiger partial charge in [-0.25, -0.2) is 14.0 Å². The van der Waals surface area contributed by atoms with Crippen LogP contribution in [0.3, 0.4) is 0 Å². The van der Waals surface area contributed by atoms with Gasteiger partial charge in [-0.3, -0.25) is 4.79 Å². The van der Waals surface area contributed by atoms with Gasteiger partial charge in [0.1, 0.15) is 17.0 Å². The van der Waals surface area contributed by atoms with Crippen molar-refractivity contribution in [3.05, 3.63) is 32.7 Å². The van der Waals surface area contributed by atoms with E-state index in [9.17, 15) is 14.4 Å². The average molecular weight is 512 g/mol. The summed E-state index contributed by atoms with van der Waals surface area (Å²) in [5, 5.41) is 3.32. The first-order chi connectivity index (χ1) is 15.9. The molecule has 3 heterocycles. The van der Waals surface area contributed by atoms with Gasteiger partial charge in [-0.15, -0.1) is 0 Å². The van der Waals surface area contributed by atoms with Crippen molar-refractivity contribution in [2.24, 2.45) is 0 Å². The van der Waals surface area contributed by atoms with E-state index in [4.69, 9.17) is 21.1 Å². The molecule has 1 amide bonds. The first-order valence-corrected chi connectivity index (χ1v) is 12.4. The van der Waals surface area contributed by atoms with Crippen LogP contribution in [0, 0.1) is 5.82 Å². The lowest BCUT2D eigenvalue weighted by Gasteiger charge is -2.34. The third-order valence-corrected chi connectivity index (χ3v) is 7.20. The smallest absolute Gasteiger partial charge is 0.407 e. The van der Waals surface area contributed by atoms with Crippen LogP contribution in [0.25, 0.3) is 10.9 Å². The predicted molar refractivity (Wildman–Crippen MR) is 130 cm³/mol. The number of halogens is 2. The zero-order valence-electron chi connectivity index (χ0n) is 19.7. The van der Waals surface area contributed by atoms with E-state index >= 15 is 4.39 Å². The van der Waals surface area contributed by atoms with Gasteiger partial charge in [0.25, 0.3) is 0 Å². The van der Waals surface area contributed by atoms with Crippen LogP contribution in [0.2, 0.25) is 5.02 Å². The number of carbonyl (C=O) groups excluding carboxylic acids is 2. The molecule has 0 radical (unpaired) electrons. The van der Waals surface area contributed by atoms with Crippen LogP contribution in [0.5, 0.6) is 0 Å². The third kappa shape index (κ3) is 4.33. The van der Waals surface area contributed by atoms with Gasteiger partial charge in [0.05, 0.1) is 44.7 Å². The van der Waals surface area contributed by atoms with E-state index in [0.29, 0.717) is 30.1 Å². The largest absolute Gasteiger partial charge is 0.462 e. The molecule has 1 N–H and O–H groups in total. The Kier molecular flexibility index (Phi) is 6.50. The van der Waals surface area contributed by atoms with E-state index in [1.165, 1.54) is 11.8 Å². The van der Waals surface area contributed by atoms with Gasteiger partial charge in [0, 0.05) is 13.1 Å². The van der Waals surface area contributed by atoms with Gasteiger partial charge in [0.2, 0.25) is 5.43 Å². The van der Waals surface area contributed by atoms with Gasteiger partial charge in [-0.2, -0.15) is 0 Å². The first-order valence-electron chi connectivity index (χ1n) is 11.1. The molecule has 8 nitrogen and oxygen atoms in total. The average Bonchev–Trinajstić information content (AvgIpc) is 3.15. The minimum absolute atomic E-state index is 0.0350. The molecule has 4 rings (SSSR count). The molecular formula is C23H27ClFN3O5S. The number of esters is 1. The third-order valence-electron chi connectivity index (χ3n) is 5.66. The molecule has 184 valence electrons. The fourth-order valence-corrected chi connectivity index (χ4v) is 5.86. The molecule has 0 aliphatic carbocycles. The molecule has 1 aromatic carbocycles. The monoisotopic (exact) mass is 511 g/mol. The van der Waals surface area contributed by atoms with Gasteiger partial charge in [-0.1, -0.05) is 23.4 Å². The zero-order valence-corrected chi connectivity index (χ0v) is 21.2. The number of benzene rings is 1.